The van der Waals surface area contributed by atoms with E-state index in [1.165, 1.54) is 23.3 Å². The van der Waals surface area contributed by atoms with Crippen LogP contribution >= 0.6 is 11.8 Å². The summed E-state index contributed by atoms with van der Waals surface area (Å²) in [4.78, 5) is 4.14. The van der Waals surface area contributed by atoms with Gasteiger partial charge in [-0.2, -0.15) is 11.8 Å². The molecule has 2 heterocycles. The summed E-state index contributed by atoms with van der Waals surface area (Å²) in [6.45, 7) is 3.28. The Bertz CT molecular complexity index is 915. The van der Waals surface area contributed by atoms with Gasteiger partial charge in [-0.1, -0.05) is 42.0 Å². The summed E-state index contributed by atoms with van der Waals surface area (Å²) >= 11 is 1.87. The highest BCUT2D eigenvalue weighted by Crippen LogP contribution is 2.32. The van der Waals surface area contributed by atoms with Gasteiger partial charge < -0.3 is 14.0 Å². The van der Waals surface area contributed by atoms with Gasteiger partial charge in [0.25, 0.3) is 0 Å². The van der Waals surface area contributed by atoms with Crippen LogP contribution in [0.5, 0.6) is 0 Å². The summed E-state index contributed by atoms with van der Waals surface area (Å²) < 4.78 is 27.9. The summed E-state index contributed by atoms with van der Waals surface area (Å²) in [5, 5.41) is 0. The highest BCUT2D eigenvalue weighted by atomic mass is 32.2. The first kappa shape index (κ1) is 21.1. The van der Waals surface area contributed by atoms with Gasteiger partial charge in [0.1, 0.15) is 5.82 Å². The van der Waals surface area contributed by atoms with Crippen molar-refractivity contribution in [1.82, 2.24) is 9.55 Å². The number of aromatic nitrogens is 2. The second-order valence-corrected chi connectivity index (χ2v) is 8.85. The molecule has 1 fully saturated rings. The van der Waals surface area contributed by atoms with Crippen LogP contribution < -0.4 is 0 Å². The fraction of sp³-hybridized carbons (Fsp3) is 0.375. The second kappa shape index (κ2) is 9.77. The molecule has 0 spiro atoms. The van der Waals surface area contributed by atoms with Crippen molar-refractivity contribution >= 4 is 11.8 Å². The first-order chi connectivity index (χ1) is 14.6. The summed E-state index contributed by atoms with van der Waals surface area (Å²) in [5.41, 5.74) is 3.68. The molecule has 0 bridgehead atoms. The number of ether oxygens (including phenoxy) is 2. The molecule has 30 heavy (non-hydrogen) atoms. The average Bonchev–Trinajstić information content (AvgIpc) is 3.40. The average molecular weight is 427 g/mol. The van der Waals surface area contributed by atoms with Crippen LogP contribution in [0.25, 0.3) is 0 Å². The standard InChI is InChI=1S/C24H27FN2O2S/c1-19-2-4-21(5-3-19)15-30-16-23-14-28-24(29-23,17-27-13-12-26-18-27)11-10-20-6-8-22(25)9-7-20/h2-9,12-13,18,23H,10-11,14-17H2,1H3. The second-order valence-electron chi connectivity index (χ2n) is 7.82. The predicted octanol–water partition coefficient (Wildman–Crippen LogP) is 5.01. The Morgan fingerprint density at radius 3 is 2.63 bits per heavy atom. The van der Waals surface area contributed by atoms with E-state index in [1.807, 2.05) is 34.7 Å². The van der Waals surface area contributed by atoms with Gasteiger partial charge in [-0.3, -0.25) is 0 Å². The number of benzene rings is 2. The predicted molar refractivity (Wildman–Crippen MR) is 118 cm³/mol. The van der Waals surface area contributed by atoms with Crippen LogP contribution in [0, 0.1) is 12.7 Å². The molecule has 3 aromatic rings. The lowest BCUT2D eigenvalue weighted by Crippen LogP contribution is -2.37. The van der Waals surface area contributed by atoms with Crippen molar-refractivity contribution in [2.24, 2.45) is 0 Å². The van der Waals surface area contributed by atoms with Crippen molar-refractivity contribution < 1.29 is 13.9 Å². The van der Waals surface area contributed by atoms with Crippen LogP contribution in [0.1, 0.15) is 23.1 Å². The number of aryl methyl sites for hydroxylation is 2. The molecular weight excluding hydrogens is 399 g/mol. The Balaban J connectivity index is 1.35. The van der Waals surface area contributed by atoms with Crippen LogP contribution in [0.2, 0.25) is 0 Å². The Hall–Kier alpha value is -2.15. The van der Waals surface area contributed by atoms with Crippen LogP contribution in [0.4, 0.5) is 4.39 Å². The maximum atomic E-state index is 13.2. The zero-order valence-electron chi connectivity index (χ0n) is 17.2. The highest BCUT2D eigenvalue weighted by Gasteiger charge is 2.41. The minimum Gasteiger partial charge on any atom is -0.345 e. The molecule has 0 aliphatic carbocycles. The van der Waals surface area contributed by atoms with Gasteiger partial charge in [-0.05, 0) is 36.6 Å². The summed E-state index contributed by atoms with van der Waals surface area (Å²) in [6, 6.07) is 15.3. The minimum atomic E-state index is -0.690. The smallest absolute Gasteiger partial charge is 0.187 e. The van der Waals surface area contributed by atoms with Crippen LogP contribution in [0.3, 0.4) is 0 Å². The number of nitrogens with zero attached hydrogens (tertiary/aromatic N) is 2. The van der Waals surface area contributed by atoms with Gasteiger partial charge in [-0.25, -0.2) is 9.37 Å². The van der Waals surface area contributed by atoms with Crippen LogP contribution in [0.15, 0.2) is 67.3 Å². The molecule has 2 atom stereocenters. The third-order valence-electron chi connectivity index (χ3n) is 5.30. The van der Waals surface area contributed by atoms with Crippen molar-refractivity contribution in [1.29, 1.82) is 0 Å². The maximum Gasteiger partial charge on any atom is 0.187 e. The van der Waals surface area contributed by atoms with E-state index in [9.17, 15) is 4.39 Å². The van der Waals surface area contributed by atoms with E-state index in [-0.39, 0.29) is 11.9 Å². The van der Waals surface area contributed by atoms with E-state index in [4.69, 9.17) is 9.47 Å². The molecule has 1 saturated heterocycles. The molecule has 2 unspecified atom stereocenters. The number of rotatable bonds is 9. The molecule has 0 radical (unpaired) electrons. The molecule has 0 saturated carbocycles. The van der Waals surface area contributed by atoms with Crippen molar-refractivity contribution in [3.05, 3.63) is 89.8 Å². The van der Waals surface area contributed by atoms with Gasteiger partial charge in [0, 0.05) is 30.3 Å². The summed E-state index contributed by atoms with van der Waals surface area (Å²) in [5.74, 6) is 0.941. The molecule has 158 valence electrons. The molecule has 1 aliphatic rings. The third-order valence-corrected chi connectivity index (χ3v) is 6.44. The largest absolute Gasteiger partial charge is 0.345 e. The van der Waals surface area contributed by atoms with Crippen LogP contribution in [-0.2, 0) is 28.2 Å². The zero-order chi connectivity index (χ0) is 20.8. The monoisotopic (exact) mass is 426 g/mol. The maximum absolute atomic E-state index is 13.2. The van der Waals surface area contributed by atoms with Crippen LogP contribution in [-0.4, -0.2) is 33.8 Å². The first-order valence-corrected chi connectivity index (χ1v) is 11.4. The van der Waals surface area contributed by atoms with E-state index in [1.54, 1.807) is 12.5 Å². The van der Waals surface area contributed by atoms with Crippen molar-refractivity contribution in [3.8, 4) is 0 Å². The lowest BCUT2D eigenvalue weighted by molar-refractivity contribution is -0.180. The van der Waals surface area contributed by atoms with E-state index in [2.05, 4.69) is 36.2 Å². The molecule has 2 aromatic carbocycles. The minimum absolute atomic E-state index is 0.0530. The normalized spacial score (nSPS) is 21.2. The molecule has 4 nitrogen and oxygen atoms in total. The third kappa shape index (κ3) is 5.72. The zero-order valence-corrected chi connectivity index (χ0v) is 18.0. The highest BCUT2D eigenvalue weighted by molar-refractivity contribution is 7.98. The Kier molecular flexibility index (Phi) is 6.87. The number of hydrogen-bond donors (Lipinski definition) is 0. The van der Waals surface area contributed by atoms with E-state index < -0.39 is 5.79 Å². The van der Waals surface area contributed by atoms with E-state index in [0.29, 0.717) is 19.6 Å². The Morgan fingerprint density at radius 2 is 1.90 bits per heavy atom. The van der Waals surface area contributed by atoms with Gasteiger partial charge in [0.05, 0.1) is 25.6 Å². The number of imidazole rings is 1. The number of halogens is 1. The first-order valence-electron chi connectivity index (χ1n) is 10.3. The summed E-state index contributed by atoms with van der Waals surface area (Å²) in [6.07, 6.45) is 6.99. The number of hydrogen-bond acceptors (Lipinski definition) is 4. The fourth-order valence-corrected chi connectivity index (χ4v) is 4.60. The molecule has 6 heteroatoms. The SMILES string of the molecule is Cc1ccc(CSCC2COC(CCc3ccc(F)cc3)(Cn3ccnc3)O2)cc1. The molecule has 0 amide bonds. The molecule has 0 N–H and O–H groups in total. The lowest BCUT2D eigenvalue weighted by atomic mass is 10.0. The molecule has 4 rings (SSSR count). The van der Waals surface area contributed by atoms with E-state index >= 15 is 0 Å². The van der Waals surface area contributed by atoms with Gasteiger partial charge in [0.2, 0.25) is 0 Å². The van der Waals surface area contributed by atoms with Gasteiger partial charge in [-0.15, -0.1) is 0 Å². The molecule has 1 aromatic heterocycles. The number of thioether (sulfide) groups is 1. The van der Waals surface area contributed by atoms with Crippen molar-refractivity contribution in [2.45, 2.75) is 44.0 Å². The molecule has 1 aliphatic heterocycles. The molecular formula is C24H27FN2O2S. The Morgan fingerprint density at radius 1 is 1.13 bits per heavy atom. The van der Waals surface area contributed by atoms with Gasteiger partial charge in [0.15, 0.2) is 5.79 Å². The summed E-state index contributed by atoms with van der Waals surface area (Å²) in [7, 11) is 0. The lowest BCUT2D eigenvalue weighted by Gasteiger charge is -2.28. The van der Waals surface area contributed by atoms with Gasteiger partial charge >= 0.3 is 0 Å². The van der Waals surface area contributed by atoms with Crippen molar-refractivity contribution in [2.75, 3.05) is 12.4 Å². The quantitative estimate of drug-likeness (QED) is 0.482. The van der Waals surface area contributed by atoms with Crippen molar-refractivity contribution in [3.63, 3.8) is 0 Å². The Labute approximate surface area is 181 Å². The topological polar surface area (TPSA) is 36.3 Å². The fourth-order valence-electron chi connectivity index (χ4n) is 3.63. The van der Waals surface area contributed by atoms with E-state index in [0.717, 1.165) is 23.5 Å².